The Morgan fingerprint density at radius 3 is 2.79 bits per heavy atom. The fourth-order valence-corrected chi connectivity index (χ4v) is 1.66. The van der Waals surface area contributed by atoms with Crippen LogP contribution in [0.1, 0.15) is 5.69 Å². The lowest BCUT2D eigenvalue weighted by molar-refractivity contribution is -0.118. The quantitative estimate of drug-likeness (QED) is 0.912. The standard InChI is InChI=1S/C12H11Cl2N3O2/c1-7-4-11(17-16-7)15-12(18)6-19-8-2-3-9(13)10(14)5-8/h2-5H,6H2,1H3,(H2,15,16,17,18). The van der Waals surface area contributed by atoms with E-state index in [1.165, 1.54) is 0 Å². The van der Waals surface area contributed by atoms with Gasteiger partial charge in [0, 0.05) is 17.8 Å². The lowest BCUT2D eigenvalue weighted by atomic mass is 10.3. The van der Waals surface area contributed by atoms with E-state index in [-0.39, 0.29) is 12.5 Å². The molecule has 0 fully saturated rings. The summed E-state index contributed by atoms with van der Waals surface area (Å²) in [5.74, 6) is 0.626. The Bertz CT molecular complexity index is 598. The summed E-state index contributed by atoms with van der Waals surface area (Å²) in [5, 5.41) is 10.0. The molecule has 0 saturated carbocycles. The molecule has 0 radical (unpaired) electrons. The normalized spacial score (nSPS) is 10.3. The zero-order chi connectivity index (χ0) is 13.8. The van der Waals surface area contributed by atoms with Crippen molar-refractivity contribution in [2.75, 3.05) is 11.9 Å². The number of carbonyl (C=O) groups excluding carboxylic acids is 1. The van der Waals surface area contributed by atoms with Crippen molar-refractivity contribution in [3.8, 4) is 5.75 Å². The molecule has 1 amide bonds. The first kappa shape index (κ1) is 13.7. The van der Waals surface area contributed by atoms with Crippen LogP contribution >= 0.6 is 23.2 Å². The van der Waals surface area contributed by atoms with Gasteiger partial charge in [0.25, 0.3) is 5.91 Å². The predicted octanol–water partition coefficient (Wildman–Crippen LogP) is 3.04. The van der Waals surface area contributed by atoms with Crippen molar-refractivity contribution in [2.45, 2.75) is 6.92 Å². The molecule has 1 aromatic carbocycles. The fourth-order valence-electron chi connectivity index (χ4n) is 1.38. The molecule has 0 bridgehead atoms. The third-order valence-electron chi connectivity index (χ3n) is 2.23. The number of nitrogens with zero attached hydrogens (tertiary/aromatic N) is 1. The van der Waals surface area contributed by atoms with E-state index in [1.54, 1.807) is 24.3 Å². The molecule has 0 aliphatic carbocycles. The van der Waals surface area contributed by atoms with Gasteiger partial charge in [-0.3, -0.25) is 9.89 Å². The highest BCUT2D eigenvalue weighted by Crippen LogP contribution is 2.26. The number of hydrogen-bond donors (Lipinski definition) is 2. The second-order valence-electron chi connectivity index (χ2n) is 3.85. The molecule has 1 aromatic heterocycles. The van der Waals surface area contributed by atoms with Crippen LogP contribution in [0.4, 0.5) is 5.82 Å². The van der Waals surface area contributed by atoms with Crippen LogP contribution in [0.2, 0.25) is 10.0 Å². The van der Waals surface area contributed by atoms with Gasteiger partial charge in [-0.1, -0.05) is 23.2 Å². The molecule has 2 aromatic rings. The maximum Gasteiger partial charge on any atom is 0.263 e. The monoisotopic (exact) mass is 299 g/mol. The molecule has 100 valence electrons. The number of anilines is 1. The number of carbonyl (C=O) groups is 1. The Morgan fingerprint density at radius 1 is 1.37 bits per heavy atom. The number of aryl methyl sites for hydroxylation is 1. The van der Waals surface area contributed by atoms with Gasteiger partial charge in [0.2, 0.25) is 0 Å². The average Bonchev–Trinajstić information content (AvgIpc) is 2.76. The summed E-state index contributed by atoms with van der Waals surface area (Å²) in [7, 11) is 0. The van der Waals surface area contributed by atoms with E-state index in [2.05, 4.69) is 15.5 Å². The second kappa shape index (κ2) is 5.95. The Hall–Kier alpha value is -1.72. The van der Waals surface area contributed by atoms with Gasteiger partial charge in [-0.05, 0) is 19.1 Å². The van der Waals surface area contributed by atoms with Gasteiger partial charge in [-0.15, -0.1) is 0 Å². The summed E-state index contributed by atoms with van der Waals surface area (Å²) in [6, 6.07) is 6.52. The van der Waals surface area contributed by atoms with Crippen LogP contribution in [0.15, 0.2) is 24.3 Å². The number of nitrogens with one attached hydrogen (secondary N) is 2. The van der Waals surface area contributed by atoms with Gasteiger partial charge in [0.1, 0.15) is 5.75 Å². The molecule has 0 aliphatic heterocycles. The van der Waals surface area contributed by atoms with E-state index in [9.17, 15) is 4.79 Å². The number of aromatic amines is 1. The summed E-state index contributed by atoms with van der Waals surface area (Å²) in [4.78, 5) is 11.6. The molecule has 7 heteroatoms. The smallest absolute Gasteiger partial charge is 0.263 e. The van der Waals surface area contributed by atoms with Gasteiger partial charge >= 0.3 is 0 Å². The highest BCUT2D eigenvalue weighted by molar-refractivity contribution is 6.42. The fraction of sp³-hybridized carbons (Fsp3) is 0.167. The Labute approximate surface area is 119 Å². The van der Waals surface area contributed by atoms with Gasteiger partial charge in [0.05, 0.1) is 10.0 Å². The van der Waals surface area contributed by atoms with Crippen LogP contribution in [-0.4, -0.2) is 22.7 Å². The molecule has 0 spiro atoms. The second-order valence-corrected chi connectivity index (χ2v) is 4.66. The number of rotatable bonds is 4. The molecular formula is C12H11Cl2N3O2. The van der Waals surface area contributed by atoms with Crippen LogP contribution in [-0.2, 0) is 4.79 Å². The van der Waals surface area contributed by atoms with Gasteiger partial charge in [0.15, 0.2) is 12.4 Å². The van der Waals surface area contributed by atoms with Crippen LogP contribution in [0.3, 0.4) is 0 Å². The lowest BCUT2D eigenvalue weighted by Crippen LogP contribution is -2.20. The van der Waals surface area contributed by atoms with Crippen molar-refractivity contribution in [1.29, 1.82) is 0 Å². The zero-order valence-electron chi connectivity index (χ0n) is 10.0. The topological polar surface area (TPSA) is 67.0 Å². The minimum absolute atomic E-state index is 0.135. The Balaban J connectivity index is 1.88. The highest BCUT2D eigenvalue weighted by Gasteiger charge is 2.07. The maximum atomic E-state index is 11.6. The van der Waals surface area contributed by atoms with Crippen molar-refractivity contribution in [2.24, 2.45) is 0 Å². The molecular weight excluding hydrogens is 289 g/mol. The van der Waals surface area contributed by atoms with E-state index >= 15 is 0 Å². The Kier molecular flexibility index (Phi) is 4.29. The van der Waals surface area contributed by atoms with Crippen molar-refractivity contribution in [3.63, 3.8) is 0 Å². The third-order valence-corrected chi connectivity index (χ3v) is 2.97. The number of aromatic nitrogens is 2. The SMILES string of the molecule is Cc1cc(NC(=O)COc2ccc(Cl)c(Cl)c2)n[nH]1. The van der Waals surface area contributed by atoms with E-state index < -0.39 is 0 Å². The summed E-state index contributed by atoms with van der Waals surface area (Å²) in [6.45, 7) is 1.71. The summed E-state index contributed by atoms with van der Waals surface area (Å²) >= 11 is 11.6. The highest BCUT2D eigenvalue weighted by atomic mass is 35.5. The third kappa shape index (κ3) is 3.87. The number of halogens is 2. The predicted molar refractivity (Wildman–Crippen MR) is 73.9 cm³/mol. The minimum atomic E-state index is -0.308. The van der Waals surface area contributed by atoms with Crippen LogP contribution < -0.4 is 10.1 Å². The van der Waals surface area contributed by atoms with E-state index in [0.29, 0.717) is 21.6 Å². The van der Waals surface area contributed by atoms with E-state index in [0.717, 1.165) is 5.69 Å². The van der Waals surface area contributed by atoms with Crippen molar-refractivity contribution >= 4 is 34.9 Å². The zero-order valence-corrected chi connectivity index (χ0v) is 11.5. The van der Waals surface area contributed by atoms with Gasteiger partial charge < -0.3 is 10.1 Å². The molecule has 0 aliphatic rings. The van der Waals surface area contributed by atoms with Crippen molar-refractivity contribution in [1.82, 2.24) is 10.2 Å². The van der Waals surface area contributed by atoms with E-state index in [4.69, 9.17) is 27.9 Å². The van der Waals surface area contributed by atoms with Crippen LogP contribution in [0.25, 0.3) is 0 Å². The molecule has 2 rings (SSSR count). The largest absolute Gasteiger partial charge is 0.484 e. The Morgan fingerprint density at radius 2 is 2.16 bits per heavy atom. The number of hydrogen-bond acceptors (Lipinski definition) is 3. The van der Waals surface area contributed by atoms with E-state index in [1.807, 2.05) is 6.92 Å². The first-order valence-electron chi connectivity index (χ1n) is 5.44. The molecule has 2 N–H and O–H groups in total. The summed E-state index contributed by atoms with van der Waals surface area (Å²) in [5.41, 5.74) is 0.862. The molecule has 0 unspecified atom stereocenters. The summed E-state index contributed by atoms with van der Waals surface area (Å²) < 4.78 is 5.29. The molecule has 0 atom stereocenters. The maximum absolute atomic E-state index is 11.6. The minimum Gasteiger partial charge on any atom is -0.484 e. The number of H-pyrrole nitrogens is 1. The molecule has 0 saturated heterocycles. The van der Waals surface area contributed by atoms with Crippen LogP contribution in [0, 0.1) is 6.92 Å². The average molecular weight is 300 g/mol. The summed E-state index contributed by atoms with van der Waals surface area (Å²) in [6.07, 6.45) is 0. The number of benzene rings is 1. The van der Waals surface area contributed by atoms with Gasteiger partial charge in [-0.2, -0.15) is 5.10 Å². The van der Waals surface area contributed by atoms with Gasteiger partial charge in [-0.25, -0.2) is 0 Å². The molecule has 1 heterocycles. The molecule has 5 nitrogen and oxygen atoms in total. The first-order chi connectivity index (χ1) is 9.04. The van der Waals surface area contributed by atoms with Crippen LogP contribution in [0.5, 0.6) is 5.75 Å². The lowest BCUT2D eigenvalue weighted by Gasteiger charge is -2.06. The number of ether oxygens (including phenoxy) is 1. The number of amides is 1. The first-order valence-corrected chi connectivity index (χ1v) is 6.20. The van der Waals surface area contributed by atoms with Crippen molar-refractivity contribution < 1.29 is 9.53 Å². The molecule has 19 heavy (non-hydrogen) atoms. The van der Waals surface area contributed by atoms with Crippen molar-refractivity contribution in [3.05, 3.63) is 40.0 Å².